The van der Waals surface area contributed by atoms with Crippen molar-refractivity contribution in [1.82, 2.24) is 5.32 Å². The molecule has 1 unspecified atom stereocenters. The minimum absolute atomic E-state index is 0.0583. The van der Waals surface area contributed by atoms with E-state index in [0.29, 0.717) is 18.5 Å². The van der Waals surface area contributed by atoms with Crippen molar-refractivity contribution < 1.29 is 9.84 Å². The van der Waals surface area contributed by atoms with Gasteiger partial charge in [0.25, 0.3) is 0 Å². The summed E-state index contributed by atoms with van der Waals surface area (Å²) in [7, 11) is 1.62. The van der Waals surface area contributed by atoms with Crippen LogP contribution < -0.4 is 10.1 Å². The summed E-state index contributed by atoms with van der Waals surface area (Å²) >= 11 is 0. The average molecular weight is 276 g/mol. The van der Waals surface area contributed by atoms with Crippen molar-refractivity contribution in [3.8, 4) is 11.8 Å². The van der Waals surface area contributed by atoms with Crippen molar-refractivity contribution in [3.05, 3.63) is 29.3 Å². The van der Waals surface area contributed by atoms with E-state index in [0.717, 1.165) is 11.3 Å². The number of hydrogen-bond acceptors (Lipinski definition) is 4. The Morgan fingerprint density at radius 3 is 2.60 bits per heavy atom. The van der Waals surface area contributed by atoms with Crippen LogP contribution >= 0.6 is 0 Å². The van der Waals surface area contributed by atoms with E-state index in [2.05, 4.69) is 32.2 Å². The molecule has 4 heteroatoms. The Morgan fingerprint density at radius 1 is 1.40 bits per heavy atom. The molecule has 110 valence electrons. The van der Waals surface area contributed by atoms with E-state index in [-0.39, 0.29) is 18.1 Å². The molecule has 0 heterocycles. The summed E-state index contributed by atoms with van der Waals surface area (Å²) in [5.74, 6) is 0.771. The van der Waals surface area contributed by atoms with Crippen molar-refractivity contribution in [1.29, 1.82) is 5.26 Å². The van der Waals surface area contributed by atoms with Gasteiger partial charge in [0.05, 0.1) is 18.7 Å². The molecular weight excluding hydrogens is 252 g/mol. The van der Waals surface area contributed by atoms with Gasteiger partial charge in [0.1, 0.15) is 5.75 Å². The lowest BCUT2D eigenvalue weighted by molar-refractivity contribution is 0.196. The summed E-state index contributed by atoms with van der Waals surface area (Å²) in [6, 6.07) is 7.73. The molecule has 2 N–H and O–H groups in total. The minimum Gasteiger partial charge on any atom is -0.496 e. The average Bonchev–Trinajstić information content (AvgIpc) is 2.41. The first kappa shape index (κ1) is 16.5. The van der Waals surface area contributed by atoms with Crippen LogP contribution in [0.4, 0.5) is 0 Å². The van der Waals surface area contributed by atoms with E-state index in [1.807, 2.05) is 12.1 Å². The number of aliphatic hydroxyl groups excluding tert-OH is 1. The molecule has 0 bridgehead atoms. The fourth-order valence-corrected chi connectivity index (χ4v) is 2.19. The third-order valence-electron chi connectivity index (χ3n) is 3.41. The van der Waals surface area contributed by atoms with Gasteiger partial charge in [-0.2, -0.15) is 5.26 Å². The van der Waals surface area contributed by atoms with E-state index in [1.165, 1.54) is 0 Å². The van der Waals surface area contributed by atoms with Crippen LogP contribution in [-0.4, -0.2) is 24.9 Å². The smallest absolute Gasteiger partial charge is 0.123 e. The first-order valence-electron chi connectivity index (χ1n) is 6.83. The summed E-state index contributed by atoms with van der Waals surface area (Å²) in [5.41, 5.74) is 1.64. The van der Waals surface area contributed by atoms with Crippen molar-refractivity contribution in [2.45, 2.75) is 39.8 Å². The number of benzene rings is 1. The topological polar surface area (TPSA) is 65.3 Å². The molecule has 0 aliphatic rings. The highest BCUT2D eigenvalue weighted by atomic mass is 16.5. The number of hydrogen-bond donors (Lipinski definition) is 2. The van der Waals surface area contributed by atoms with Crippen molar-refractivity contribution in [2.75, 3.05) is 13.7 Å². The third-order valence-corrected chi connectivity index (χ3v) is 3.41. The second-order valence-electron chi connectivity index (χ2n) is 5.95. The van der Waals surface area contributed by atoms with Crippen molar-refractivity contribution in [3.63, 3.8) is 0 Å². The Labute approximate surface area is 121 Å². The lowest BCUT2D eigenvalue weighted by Gasteiger charge is -2.31. The van der Waals surface area contributed by atoms with E-state index in [4.69, 9.17) is 10.00 Å². The molecule has 0 fully saturated rings. The molecule has 1 aromatic carbocycles. The van der Waals surface area contributed by atoms with Gasteiger partial charge in [-0.15, -0.1) is 0 Å². The second-order valence-corrected chi connectivity index (χ2v) is 5.95. The first-order chi connectivity index (χ1) is 9.42. The first-order valence-corrected chi connectivity index (χ1v) is 6.83. The van der Waals surface area contributed by atoms with Crippen molar-refractivity contribution >= 4 is 0 Å². The maximum atomic E-state index is 9.17. The molecule has 0 saturated heterocycles. The molecule has 1 rings (SSSR count). The standard InChI is InChI=1S/C16H24N2O2/c1-16(2,3)15(7-8-19)18-11-13-9-12(10-17)5-6-14(13)20-4/h5-6,9,15,18-19H,7-8,11H2,1-4H3. The van der Waals surface area contributed by atoms with Crippen LogP contribution in [0.5, 0.6) is 5.75 Å². The number of aliphatic hydroxyl groups is 1. The lowest BCUT2D eigenvalue weighted by Crippen LogP contribution is -2.40. The number of ether oxygens (including phenoxy) is 1. The van der Waals surface area contributed by atoms with Crippen LogP contribution in [0.25, 0.3) is 0 Å². The lowest BCUT2D eigenvalue weighted by atomic mass is 9.85. The van der Waals surface area contributed by atoms with Crippen LogP contribution in [-0.2, 0) is 6.54 Å². The Balaban J connectivity index is 2.84. The highest BCUT2D eigenvalue weighted by molar-refractivity contribution is 5.42. The molecule has 0 aromatic heterocycles. The zero-order valence-corrected chi connectivity index (χ0v) is 12.7. The number of methoxy groups -OCH3 is 1. The Kier molecular flexibility index (Phi) is 6.00. The maximum absolute atomic E-state index is 9.17. The third kappa shape index (κ3) is 4.52. The van der Waals surface area contributed by atoms with Crippen LogP contribution in [0.2, 0.25) is 0 Å². The van der Waals surface area contributed by atoms with Crippen LogP contribution in [0.1, 0.15) is 38.3 Å². The highest BCUT2D eigenvalue weighted by Gasteiger charge is 2.23. The largest absolute Gasteiger partial charge is 0.496 e. The molecule has 20 heavy (non-hydrogen) atoms. The number of nitrogens with zero attached hydrogens (tertiary/aromatic N) is 1. The van der Waals surface area contributed by atoms with E-state index in [1.54, 1.807) is 13.2 Å². The van der Waals surface area contributed by atoms with Gasteiger partial charge < -0.3 is 15.2 Å². The molecule has 4 nitrogen and oxygen atoms in total. The maximum Gasteiger partial charge on any atom is 0.123 e. The monoisotopic (exact) mass is 276 g/mol. The van der Waals surface area contributed by atoms with Gasteiger partial charge >= 0.3 is 0 Å². The summed E-state index contributed by atoms with van der Waals surface area (Å²) in [6.07, 6.45) is 0.698. The normalized spacial score (nSPS) is 12.8. The molecule has 0 aliphatic carbocycles. The molecule has 0 aliphatic heterocycles. The van der Waals surface area contributed by atoms with Gasteiger partial charge in [-0.1, -0.05) is 20.8 Å². The van der Waals surface area contributed by atoms with E-state index >= 15 is 0 Å². The molecule has 1 aromatic rings. The number of nitriles is 1. The number of nitrogens with one attached hydrogen (secondary N) is 1. The SMILES string of the molecule is COc1ccc(C#N)cc1CNC(CCO)C(C)(C)C. The van der Waals surface area contributed by atoms with Crippen LogP contribution in [0.15, 0.2) is 18.2 Å². The van der Waals surface area contributed by atoms with Crippen LogP contribution in [0.3, 0.4) is 0 Å². The quantitative estimate of drug-likeness (QED) is 0.837. The Morgan fingerprint density at radius 2 is 2.10 bits per heavy atom. The highest BCUT2D eigenvalue weighted by Crippen LogP contribution is 2.24. The van der Waals surface area contributed by atoms with Gasteiger partial charge in [0.15, 0.2) is 0 Å². The summed E-state index contributed by atoms with van der Waals surface area (Å²) in [5, 5.41) is 21.6. The van der Waals surface area contributed by atoms with Gasteiger partial charge in [-0.3, -0.25) is 0 Å². The molecular formula is C16H24N2O2. The van der Waals surface area contributed by atoms with Crippen molar-refractivity contribution in [2.24, 2.45) is 5.41 Å². The molecule has 1 atom stereocenters. The molecule has 0 amide bonds. The van der Waals surface area contributed by atoms with E-state index in [9.17, 15) is 5.11 Å². The van der Waals surface area contributed by atoms with Gasteiger partial charge in [-0.25, -0.2) is 0 Å². The molecule has 0 saturated carbocycles. The zero-order chi connectivity index (χ0) is 15.2. The predicted molar refractivity (Wildman–Crippen MR) is 79.5 cm³/mol. The van der Waals surface area contributed by atoms with Gasteiger partial charge in [0, 0.05) is 24.8 Å². The van der Waals surface area contributed by atoms with Crippen LogP contribution in [0, 0.1) is 16.7 Å². The second kappa shape index (κ2) is 7.28. The number of rotatable bonds is 6. The molecule has 0 spiro atoms. The summed E-state index contributed by atoms with van der Waals surface area (Å²) in [6.45, 7) is 7.20. The summed E-state index contributed by atoms with van der Waals surface area (Å²) < 4.78 is 5.32. The van der Waals surface area contributed by atoms with Gasteiger partial charge in [0.2, 0.25) is 0 Å². The Bertz CT molecular complexity index is 472. The predicted octanol–water partition coefficient (Wildman–Crippen LogP) is 2.45. The fourth-order valence-electron chi connectivity index (χ4n) is 2.19. The fraction of sp³-hybridized carbons (Fsp3) is 0.562. The zero-order valence-electron chi connectivity index (χ0n) is 12.7. The van der Waals surface area contributed by atoms with E-state index < -0.39 is 0 Å². The molecule has 0 radical (unpaired) electrons. The Hall–Kier alpha value is -1.57. The van der Waals surface area contributed by atoms with Gasteiger partial charge in [-0.05, 0) is 30.0 Å². The minimum atomic E-state index is 0.0583. The summed E-state index contributed by atoms with van der Waals surface area (Å²) in [4.78, 5) is 0.